The van der Waals surface area contributed by atoms with E-state index in [0.717, 1.165) is 12.1 Å². The molecule has 1 aromatic rings. The van der Waals surface area contributed by atoms with Crippen LogP contribution in [-0.4, -0.2) is 59.1 Å². The Bertz CT molecular complexity index is 578. The van der Waals surface area contributed by atoms with Gasteiger partial charge in [-0.3, -0.25) is 4.79 Å². The molecule has 0 spiro atoms. The number of hydrogen-bond donors (Lipinski definition) is 2. The monoisotopic (exact) mass is 279 g/mol. The molecular weight excluding hydrogens is 265 g/mol. The van der Waals surface area contributed by atoms with E-state index in [9.17, 15) is 19.1 Å². The van der Waals surface area contributed by atoms with Crippen LogP contribution < -0.4 is 5.32 Å². The highest BCUT2D eigenvalue weighted by Gasteiger charge is 2.37. The number of phenols is 1. The van der Waals surface area contributed by atoms with Crippen LogP contribution in [0.4, 0.5) is 9.18 Å². The molecule has 1 atom stereocenters. The van der Waals surface area contributed by atoms with Crippen molar-refractivity contribution in [3.8, 4) is 5.75 Å². The number of rotatable bonds is 1. The van der Waals surface area contributed by atoms with E-state index in [1.165, 1.54) is 6.07 Å². The van der Waals surface area contributed by atoms with Crippen LogP contribution in [0.25, 0.3) is 0 Å². The van der Waals surface area contributed by atoms with Crippen LogP contribution in [0.2, 0.25) is 0 Å². The fraction of sp³-hybridized carbons (Fsp3) is 0.385. The van der Waals surface area contributed by atoms with Gasteiger partial charge in [0, 0.05) is 32.2 Å². The Morgan fingerprint density at radius 1 is 1.40 bits per heavy atom. The van der Waals surface area contributed by atoms with Gasteiger partial charge in [0.05, 0.1) is 11.6 Å². The highest BCUT2D eigenvalue weighted by molar-refractivity contribution is 5.97. The van der Waals surface area contributed by atoms with Crippen molar-refractivity contribution in [3.05, 3.63) is 29.6 Å². The Morgan fingerprint density at radius 3 is 2.95 bits per heavy atom. The van der Waals surface area contributed by atoms with Crippen LogP contribution in [0.15, 0.2) is 18.2 Å². The van der Waals surface area contributed by atoms with E-state index in [0.29, 0.717) is 26.2 Å². The zero-order valence-electron chi connectivity index (χ0n) is 10.7. The number of nitrogens with zero attached hydrogens (tertiary/aromatic N) is 2. The molecule has 2 saturated heterocycles. The first-order chi connectivity index (χ1) is 9.56. The molecule has 2 N–H and O–H groups in total. The number of nitrogens with one attached hydrogen (secondary N) is 1. The number of fused-ring (bicyclic) bond motifs is 1. The first kappa shape index (κ1) is 12.7. The highest BCUT2D eigenvalue weighted by Crippen LogP contribution is 2.22. The van der Waals surface area contributed by atoms with E-state index in [1.807, 2.05) is 0 Å². The number of aromatic hydroxyl groups is 1. The summed E-state index contributed by atoms with van der Waals surface area (Å²) in [5, 5.41) is 12.4. The summed E-state index contributed by atoms with van der Waals surface area (Å²) < 4.78 is 12.9. The lowest BCUT2D eigenvalue weighted by Gasteiger charge is -2.36. The third-order valence-electron chi connectivity index (χ3n) is 3.71. The first-order valence-corrected chi connectivity index (χ1v) is 6.38. The minimum absolute atomic E-state index is 0.0391. The molecule has 0 bridgehead atoms. The fourth-order valence-electron chi connectivity index (χ4n) is 2.64. The van der Waals surface area contributed by atoms with Gasteiger partial charge in [0.15, 0.2) is 0 Å². The van der Waals surface area contributed by atoms with Gasteiger partial charge < -0.3 is 20.2 Å². The van der Waals surface area contributed by atoms with Gasteiger partial charge in [-0.15, -0.1) is 0 Å². The molecular formula is C13H14FN3O3. The Balaban J connectivity index is 1.77. The number of carbonyl (C=O) groups is 2. The molecule has 6 nitrogen and oxygen atoms in total. The Hall–Kier alpha value is -2.31. The number of phenolic OH excluding ortho intramolecular Hbond substituents is 1. The molecule has 0 radical (unpaired) electrons. The maximum Gasteiger partial charge on any atom is 0.317 e. The van der Waals surface area contributed by atoms with Crippen LogP contribution in [0.1, 0.15) is 10.4 Å². The Labute approximate surface area is 114 Å². The largest absolute Gasteiger partial charge is 0.507 e. The fourth-order valence-corrected chi connectivity index (χ4v) is 2.64. The highest BCUT2D eigenvalue weighted by atomic mass is 19.1. The minimum atomic E-state index is -0.588. The topological polar surface area (TPSA) is 72.9 Å². The van der Waals surface area contributed by atoms with Crippen LogP contribution in [0, 0.1) is 5.82 Å². The standard InChI is InChI=1S/C13H14FN3O3/c14-8-1-2-10(11(18)5-8)12(19)16-3-4-17-9(7-16)6-15-13(17)20/h1-2,5,9,18H,3-4,6-7H2,(H,15,20). The van der Waals surface area contributed by atoms with E-state index < -0.39 is 5.82 Å². The van der Waals surface area contributed by atoms with Crippen molar-refractivity contribution in [2.75, 3.05) is 26.2 Å². The quantitative estimate of drug-likeness (QED) is 0.780. The van der Waals surface area contributed by atoms with Crippen LogP contribution in [-0.2, 0) is 0 Å². The predicted molar refractivity (Wildman–Crippen MR) is 67.9 cm³/mol. The summed E-state index contributed by atoms with van der Waals surface area (Å²) in [7, 11) is 0. The smallest absolute Gasteiger partial charge is 0.317 e. The molecule has 1 unspecified atom stereocenters. The molecule has 106 valence electrons. The van der Waals surface area contributed by atoms with Crippen LogP contribution in [0.3, 0.4) is 0 Å². The molecule has 3 amide bonds. The average Bonchev–Trinajstić information content (AvgIpc) is 2.79. The van der Waals surface area contributed by atoms with Crippen molar-refractivity contribution in [1.29, 1.82) is 0 Å². The third kappa shape index (κ3) is 2.04. The van der Waals surface area contributed by atoms with Gasteiger partial charge >= 0.3 is 6.03 Å². The van der Waals surface area contributed by atoms with Crippen molar-refractivity contribution in [1.82, 2.24) is 15.1 Å². The Morgan fingerprint density at radius 2 is 2.20 bits per heavy atom. The number of carbonyl (C=O) groups excluding carboxylic acids is 2. The van der Waals surface area contributed by atoms with Crippen molar-refractivity contribution in [2.24, 2.45) is 0 Å². The number of benzene rings is 1. The van der Waals surface area contributed by atoms with E-state index in [4.69, 9.17) is 0 Å². The number of halogens is 1. The molecule has 0 aliphatic carbocycles. The molecule has 3 rings (SSSR count). The Kier molecular flexibility index (Phi) is 2.96. The van der Waals surface area contributed by atoms with Gasteiger partial charge in [0.1, 0.15) is 11.6 Å². The summed E-state index contributed by atoms with van der Waals surface area (Å²) in [6, 6.07) is 3.19. The molecule has 0 saturated carbocycles. The predicted octanol–water partition coefficient (Wildman–Crippen LogP) is 0.381. The van der Waals surface area contributed by atoms with E-state index in [1.54, 1.807) is 9.80 Å². The second-order valence-electron chi connectivity index (χ2n) is 4.95. The number of hydrogen-bond acceptors (Lipinski definition) is 3. The first-order valence-electron chi connectivity index (χ1n) is 6.38. The summed E-state index contributed by atoms with van der Waals surface area (Å²) in [5.41, 5.74) is 0.0807. The third-order valence-corrected chi connectivity index (χ3v) is 3.71. The summed E-state index contributed by atoms with van der Waals surface area (Å²) in [4.78, 5) is 27.1. The number of amides is 3. The minimum Gasteiger partial charge on any atom is -0.507 e. The molecule has 2 fully saturated rings. The molecule has 7 heteroatoms. The van der Waals surface area contributed by atoms with Crippen molar-refractivity contribution in [2.45, 2.75) is 6.04 Å². The number of piperazine rings is 1. The lowest BCUT2D eigenvalue weighted by Crippen LogP contribution is -2.53. The molecule has 1 aromatic carbocycles. The second kappa shape index (κ2) is 4.66. The van der Waals surface area contributed by atoms with Crippen LogP contribution in [0.5, 0.6) is 5.75 Å². The normalized spacial score (nSPS) is 21.6. The van der Waals surface area contributed by atoms with Crippen molar-refractivity contribution in [3.63, 3.8) is 0 Å². The van der Waals surface area contributed by atoms with Gasteiger partial charge in [-0.2, -0.15) is 0 Å². The van der Waals surface area contributed by atoms with Gasteiger partial charge in [0.25, 0.3) is 5.91 Å². The van der Waals surface area contributed by atoms with Gasteiger partial charge in [0.2, 0.25) is 0 Å². The van der Waals surface area contributed by atoms with E-state index in [-0.39, 0.29) is 29.3 Å². The van der Waals surface area contributed by atoms with Gasteiger partial charge in [-0.25, -0.2) is 9.18 Å². The molecule has 0 aromatic heterocycles. The van der Waals surface area contributed by atoms with Gasteiger partial charge in [-0.05, 0) is 12.1 Å². The zero-order chi connectivity index (χ0) is 14.3. The summed E-state index contributed by atoms with van der Waals surface area (Å²) in [6.45, 7) is 1.79. The maximum absolute atomic E-state index is 12.9. The average molecular weight is 279 g/mol. The SMILES string of the molecule is O=C(c1ccc(F)cc1O)N1CCN2C(=O)NCC2C1. The summed E-state index contributed by atoms with van der Waals surface area (Å²) in [5.74, 6) is -1.30. The lowest BCUT2D eigenvalue weighted by molar-refractivity contribution is 0.0614. The maximum atomic E-state index is 12.9. The second-order valence-corrected chi connectivity index (χ2v) is 4.95. The summed E-state index contributed by atoms with van der Waals surface area (Å²) >= 11 is 0. The van der Waals surface area contributed by atoms with Crippen LogP contribution >= 0.6 is 0 Å². The molecule has 20 heavy (non-hydrogen) atoms. The van der Waals surface area contributed by atoms with Crippen molar-refractivity contribution >= 4 is 11.9 Å². The number of urea groups is 1. The van der Waals surface area contributed by atoms with Gasteiger partial charge in [-0.1, -0.05) is 0 Å². The zero-order valence-corrected chi connectivity index (χ0v) is 10.7. The summed E-state index contributed by atoms with van der Waals surface area (Å²) in [6.07, 6.45) is 0. The molecule has 2 aliphatic heterocycles. The molecule has 2 heterocycles. The van der Waals surface area contributed by atoms with E-state index in [2.05, 4.69) is 5.32 Å². The van der Waals surface area contributed by atoms with Crippen molar-refractivity contribution < 1.29 is 19.1 Å². The van der Waals surface area contributed by atoms with E-state index >= 15 is 0 Å². The lowest BCUT2D eigenvalue weighted by atomic mass is 10.1. The molecule has 2 aliphatic rings.